The van der Waals surface area contributed by atoms with Gasteiger partial charge in [-0.3, -0.25) is 0 Å². The molecule has 0 aromatic heterocycles. The van der Waals surface area contributed by atoms with Crippen LogP contribution in [0.5, 0.6) is 0 Å². The fourth-order valence-corrected chi connectivity index (χ4v) is 3.58. The highest BCUT2D eigenvalue weighted by Gasteiger charge is 2.21. The summed E-state index contributed by atoms with van der Waals surface area (Å²) in [6, 6.07) is 7.18. The molecule has 0 saturated carbocycles. The first-order valence-corrected chi connectivity index (χ1v) is 8.80. The molecule has 0 amide bonds. The van der Waals surface area contributed by atoms with Gasteiger partial charge in [0.05, 0.1) is 4.90 Å². The first kappa shape index (κ1) is 17.1. The van der Waals surface area contributed by atoms with Crippen LogP contribution in [-0.4, -0.2) is 32.4 Å². The van der Waals surface area contributed by atoms with Gasteiger partial charge < -0.3 is 5.32 Å². The van der Waals surface area contributed by atoms with E-state index in [1.165, 1.54) is 4.31 Å². The minimum absolute atomic E-state index is 0.382. The van der Waals surface area contributed by atoms with E-state index in [-0.39, 0.29) is 0 Å². The van der Waals surface area contributed by atoms with Gasteiger partial charge in [0.15, 0.2) is 0 Å². The van der Waals surface area contributed by atoms with Crippen molar-refractivity contribution in [3.8, 4) is 0 Å². The lowest BCUT2D eigenvalue weighted by Crippen LogP contribution is -2.31. The second-order valence-electron chi connectivity index (χ2n) is 4.82. The summed E-state index contributed by atoms with van der Waals surface area (Å²) in [6.07, 6.45) is 1.92. The highest BCUT2D eigenvalue weighted by Crippen LogP contribution is 2.16. The zero-order valence-electron chi connectivity index (χ0n) is 12.7. The summed E-state index contributed by atoms with van der Waals surface area (Å²) in [5, 5.41) is 3.30. The smallest absolute Gasteiger partial charge is 0.243 e. The Bertz CT molecular complexity index is 483. The third-order valence-electron chi connectivity index (χ3n) is 3.14. The van der Waals surface area contributed by atoms with Crippen LogP contribution in [-0.2, 0) is 16.6 Å². The van der Waals surface area contributed by atoms with E-state index in [0.717, 1.165) is 31.5 Å². The molecule has 1 rings (SSSR count). The Balaban J connectivity index is 2.80. The van der Waals surface area contributed by atoms with Crippen molar-refractivity contribution < 1.29 is 8.42 Å². The van der Waals surface area contributed by atoms with Crippen molar-refractivity contribution >= 4 is 10.0 Å². The quantitative estimate of drug-likeness (QED) is 0.713. The van der Waals surface area contributed by atoms with Crippen LogP contribution in [0.25, 0.3) is 0 Å². The molecule has 0 aliphatic heterocycles. The molecule has 0 aliphatic rings. The zero-order valence-corrected chi connectivity index (χ0v) is 13.5. The minimum atomic E-state index is -3.34. The molecule has 114 valence electrons. The van der Waals surface area contributed by atoms with Gasteiger partial charge in [-0.2, -0.15) is 4.31 Å². The number of nitrogens with zero attached hydrogens (tertiary/aromatic N) is 1. The van der Waals surface area contributed by atoms with E-state index in [2.05, 4.69) is 12.2 Å². The van der Waals surface area contributed by atoms with E-state index in [0.29, 0.717) is 18.0 Å². The fourth-order valence-electron chi connectivity index (χ4n) is 2.04. The summed E-state index contributed by atoms with van der Waals surface area (Å²) >= 11 is 0. The van der Waals surface area contributed by atoms with Gasteiger partial charge in [0.25, 0.3) is 0 Å². The van der Waals surface area contributed by atoms with Crippen LogP contribution in [0.1, 0.15) is 39.2 Å². The third kappa shape index (κ3) is 4.58. The predicted octanol–water partition coefficient (Wildman–Crippen LogP) is 2.61. The lowest BCUT2D eigenvalue weighted by molar-refractivity contribution is 0.427. The Labute approximate surface area is 123 Å². The van der Waals surface area contributed by atoms with E-state index < -0.39 is 10.0 Å². The van der Waals surface area contributed by atoms with Crippen molar-refractivity contribution in [2.75, 3.05) is 19.6 Å². The summed E-state index contributed by atoms with van der Waals surface area (Å²) in [6.45, 7) is 8.81. The topological polar surface area (TPSA) is 49.4 Å². The van der Waals surface area contributed by atoms with Crippen LogP contribution in [0.4, 0.5) is 0 Å². The number of nitrogens with one attached hydrogen (secondary N) is 1. The first-order chi connectivity index (χ1) is 9.56. The average Bonchev–Trinajstić information content (AvgIpc) is 2.45. The van der Waals surface area contributed by atoms with E-state index in [4.69, 9.17) is 0 Å². The molecular weight excluding hydrogens is 272 g/mol. The Morgan fingerprint density at radius 2 is 1.70 bits per heavy atom. The van der Waals surface area contributed by atoms with Crippen LogP contribution >= 0.6 is 0 Å². The normalized spacial score (nSPS) is 12.0. The highest BCUT2D eigenvalue weighted by atomic mass is 32.2. The average molecular weight is 298 g/mol. The Kier molecular flexibility index (Phi) is 7.19. The Morgan fingerprint density at radius 3 is 2.20 bits per heavy atom. The van der Waals surface area contributed by atoms with Crippen molar-refractivity contribution in [2.24, 2.45) is 0 Å². The molecular formula is C15H26N2O2S. The Morgan fingerprint density at radius 1 is 1.05 bits per heavy atom. The van der Waals surface area contributed by atoms with Gasteiger partial charge in [-0.25, -0.2) is 8.42 Å². The summed E-state index contributed by atoms with van der Waals surface area (Å²) in [5.41, 5.74) is 1.11. The molecule has 4 nitrogen and oxygen atoms in total. The maximum absolute atomic E-state index is 12.4. The van der Waals surface area contributed by atoms with Gasteiger partial charge in [-0.05, 0) is 37.1 Å². The third-order valence-corrected chi connectivity index (χ3v) is 5.13. The van der Waals surface area contributed by atoms with Gasteiger partial charge in [0, 0.05) is 19.6 Å². The lowest BCUT2D eigenvalue weighted by atomic mass is 10.2. The molecule has 5 heteroatoms. The molecule has 0 fully saturated rings. The molecule has 0 atom stereocenters. The summed E-state index contributed by atoms with van der Waals surface area (Å²) in [5.74, 6) is 0. The van der Waals surface area contributed by atoms with Crippen molar-refractivity contribution in [1.82, 2.24) is 9.62 Å². The molecule has 0 unspecified atom stereocenters. The van der Waals surface area contributed by atoms with Crippen molar-refractivity contribution in [2.45, 2.75) is 45.1 Å². The second kappa shape index (κ2) is 8.39. The van der Waals surface area contributed by atoms with Crippen LogP contribution in [0.3, 0.4) is 0 Å². The zero-order chi connectivity index (χ0) is 15.0. The van der Waals surface area contributed by atoms with E-state index in [1.807, 2.05) is 26.0 Å². The number of rotatable bonds is 9. The number of hydrogen-bond acceptors (Lipinski definition) is 3. The van der Waals surface area contributed by atoms with Crippen molar-refractivity contribution in [3.63, 3.8) is 0 Å². The summed E-state index contributed by atoms with van der Waals surface area (Å²) < 4.78 is 26.4. The molecule has 1 aromatic rings. The molecule has 0 aliphatic carbocycles. The lowest BCUT2D eigenvalue weighted by Gasteiger charge is -2.19. The SMILES string of the molecule is CCCNCc1ccc(S(=O)(=O)N(CC)CCC)cc1. The van der Waals surface area contributed by atoms with Gasteiger partial charge in [0.1, 0.15) is 0 Å². The number of sulfonamides is 1. The first-order valence-electron chi connectivity index (χ1n) is 7.36. The molecule has 20 heavy (non-hydrogen) atoms. The molecule has 1 N–H and O–H groups in total. The molecule has 0 spiro atoms. The van der Waals surface area contributed by atoms with E-state index >= 15 is 0 Å². The number of benzene rings is 1. The minimum Gasteiger partial charge on any atom is -0.313 e. The Hall–Kier alpha value is -0.910. The van der Waals surface area contributed by atoms with Gasteiger partial charge in [-0.15, -0.1) is 0 Å². The molecule has 0 heterocycles. The molecule has 0 saturated heterocycles. The molecule has 0 radical (unpaired) electrons. The van der Waals surface area contributed by atoms with Gasteiger partial charge in [-0.1, -0.05) is 32.9 Å². The fraction of sp³-hybridized carbons (Fsp3) is 0.600. The maximum Gasteiger partial charge on any atom is 0.243 e. The van der Waals surface area contributed by atoms with Gasteiger partial charge in [0.2, 0.25) is 10.0 Å². The largest absolute Gasteiger partial charge is 0.313 e. The maximum atomic E-state index is 12.4. The summed E-state index contributed by atoms with van der Waals surface area (Å²) in [7, 11) is -3.34. The van der Waals surface area contributed by atoms with E-state index in [1.54, 1.807) is 12.1 Å². The van der Waals surface area contributed by atoms with Crippen LogP contribution in [0, 0.1) is 0 Å². The highest BCUT2D eigenvalue weighted by molar-refractivity contribution is 7.89. The van der Waals surface area contributed by atoms with Gasteiger partial charge >= 0.3 is 0 Å². The van der Waals surface area contributed by atoms with E-state index in [9.17, 15) is 8.42 Å². The van der Waals surface area contributed by atoms with Crippen LogP contribution in [0.15, 0.2) is 29.2 Å². The number of hydrogen-bond donors (Lipinski definition) is 1. The molecule has 0 bridgehead atoms. The van der Waals surface area contributed by atoms with Crippen molar-refractivity contribution in [1.29, 1.82) is 0 Å². The summed E-state index contributed by atoms with van der Waals surface area (Å²) in [4.78, 5) is 0.382. The monoisotopic (exact) mass is 298 g/mol. The standard InChI is InChI=1S/C15H26N2O2S/c1-4-11-16-13-14-7-9-15(10-8-14)20(18,19)17(6-3)12-5-2/h7-10,16H,4-6,11-13H2,1-3H3. The van der Waals surface area contributed by atoms with Crippen LogP contribution in [0.2, 0.25) is 0 Å². The molecule has 1 aromatic carbocycles. The predicted molar refractivity (Wildman–Crippen MR) is 83.2 cm³/mol. The van der Waals surface area contributed by atoms with Crippen LogP contribution < -0.4 is 5.32 Å². The second-order valence-corrected chi connectivity index (χ2v) is 6.76. The van der Waals surface area contributed by atoms with Crippen molar-refractivity contribution in [3.05, 3.63) is 29.8 Å².